The highest BCUT2D eigenvalue weighted by atomic mass is 16.2. The first-order valence-electron chi connectivity index (χ1n) is 4.66. The third-order valence-corrected chi connectivity index (χ3v) is 2.30. The fourth-order valence-electron chi connectivity index (χ4n) is 1.64. The highest BCUT2D eigenvalue weighted by molar-refractivity contribution is 5.72. The maximum Gasteiger partial charge on any atom is 0.313 e. The van der Waals surface area contributed by atoms with Crippen molar-refractivity contribution in [3.63, 3.8) is 0 Å². The molecule has 4 heteroatoms. The SMILES string of the molecule is C=CC(NC(N)=O)N1CCCCC1. The number of hydrogen-bond donors (Lipinski definition) is 2. The van der Waals surface area contributed by atoms with Crippen LogP contribution in [0.1, 0.15) is 19.3 Å². The Morgan fingerprint density at radius 1 is 1.46 bits per heavy atom. The molecule has 1 aliphatic rings. The minimum atomic E-state index is -0.490. The molecule has 2 amide bonds. The van der Waals surface area contributed by atoms with Crippen LogP contribution in [-0.2, 0) is 0 Å². The second-order valence-electron chi connectivity index (χ2n) is 3.29. The number of urea groups is 1. The van der Waals surface area contributed by atoms with Gasteiger partial charge in [0.15, 0.2) is 0 Å². The van der Waals surface area contributed by atoms with Crippen molar-refractivity contribution in [2.75, 3.05) is 13.1 Å². The molecule has 0 aromatic rings. The van der Waals surface area contributed by atoms with Gasteiger partial charge in [0, 0.05) is 13.1 Å². The van der Waals surface area contributed by atoms with Crippen molar-refractivity contribution in [1.82, 2.24) is 10.2 Å². The third-order valence-electron chi connectivity index (χ3n) is 2.30. The molecule has 3 N–H and O–H groups in total. The maximum absolute atomic E-state index is 10.6. The van der Waals surface area contributed by atoms with Gasteiger partial charge in [-0.3, -0.25) is 4.90 Å². The van der Waals surface area contributed by atoms with E-state index in [2.05, 4.69) is 16.8 Å². The molecule has 1 heterocycles. The number of piperidine rings is 1. The highest BCUT2D eigenvalue weighted by Crippen LogP contribution is 2.11. The van der Waals surface area contributed by atoms with Crippen LogP contribution in [0.5, 0.6) is 0 Å². The van der Waals surface area contributed by atoms with Crippen LogP contribution in [0.4, 0.5) is 4.79 Å². The zero-order valence-corrected chi connectivity index (χ0v) is 7.83. The molecule has 1 atom stereocenters. The Labute approximate surface area is 78.8 Å². The number of primary amides is 1. The first kappa shape index (κ1) is 10.1. The second kappa shape index (κ2) is 4.87. The lowest BCUT2D eigenvalue weighted by Gasteiger charge is -2.32. The van der Waals surface area contributed by atoms with Crippen LogP contribution in [0.25, 0.3) is 0 Å². The van der Waals surface area contributed by atoms with Gasteiger partial charge in [-0.15, -0.1) is 0 Å². The smallest absolute Gasteiger partial charge is 0.313 e. The number of amides is 2. The Bertz CT molecular complexity index is 187. The molecule has 1 fully saturated rings. The van der Waals surface area contributed by atoms with Gasteiger partial charge in [-0.2, -0.15) is 0 Å². The molecule has 1 aliphatic heterocycles. The van der Waals surface area contributed by atoms with Crippen molar-refractivity contribution in [2.45, 2.75) is 25.4 Å². The molecule has 1 saturated heterocycles. The minimum absolute atomic E-state index is 0.0993. The van der Waals surface area contributed by atoms with Crippen molar-refractivity contribution in [3.05, 3.63) is 12.7 Å². The zero-order valence-electron chi connectivity index (χ0n) is 7.83. The third kappa shape index (κ3) is 3.06. The van der Waals surface area contributed by atoms with Gasteiger partial charge in [0.05, 0.1) is 0 Å². The lowest BCUT2D eigenvalue weighted by atomic mass is 10.1. The lowest BCUT2D eigenvalue weighted by molar-refractivity contribution is 0.168. The Balaban J connectivity index is 2.43. The lowest BCUT2D eigenvalue weighted by Crippen LogP contribution is -2.50. The number of carbonyl (C=O) groups excluding carboxylic acids is 1. The number of nitrogens with zero attached hydrogens (tertiary/aromatic N) is 1. The van der Waals surface area contributed by atoms with Gasteiger partial charge in [0.1, 0.15) is 6.17 Å². The number of rotatable bonds is 3. The quantitative estimate of drug-likeness (QED) is 0.631. The topological polar surface area (TPSA) is 58.4 Å². The van der Waals surface area contributed by atoms with E-state index >= 15 is 0 Å². The van der Waals surface area contributed by atoms with Crippen LogP contribution < -0.4 is 11.1 Å². The number of nitrogens with two attached hydrogens (primary N) is 1. The van der Waals surface area contributed by atoms with Crippen molar-refractivity contribution in [1.29, 1.82) is 0 Å². The monoisotopic (exact) mass is 183 g/mol. The Hall–Kier alpha value is -1.03. The number of nitrogens with one attached hydrogen (secondary N) is 1. The Morgan fingerprint density at radius 2 is 2.08 bits per heavy atom. The van der Waals surface area contributed by atoms with E-state index in [1.54, 1.807) is 6.08 Å². The summed E-state index contributed by atoms with van der Waals surface area (Å²) >= 11 is 0. The van der Waals surface area contributed by atoms with Crippen molar-refractivity contribution in [2.24, 2.45) is 5.73 Å². The van der Waals surface area contributed by atoms with Crippen molar-refractivity contribution < 1.29 is 4.79 Å². The maximum atomic E-state index is 10.6. The van der Waals surface area contributed by atoms with Gasteiger partial charge in [0.2, 0.25) is 0 Å². The van der Waals surface area contributed by atoms with Crippen LogP contribution in [0, 0.1) is 0 Å². The molecule has 74 valence electrons. The summed E-state index contributed by atoms with van der Waals surface area (Å²) in [6, 6.07) is -0.490. The first-order chi connectivity index (χ1) is 6.24. The molecule has 1 rings (SSSR count). The molecule has 0 aromatic heterocycles. The molecule has 0 bridgehead atoms. The number of likely N-dealkylation sites (tertiary alicyclic amines) is 1. The normalized spacial score (nSPS) is 20.6. The predicted octanol–water partition coefficient (Wildman–Crippen LogP) is 0.653. The van der Waals surface area contributed by atoms with Gasteiger partial charge in [-0.1, -0.05) is 19.1 Å². The molecule has 1 unspecified atom stereocenters. The fraction of sp³-hybridized carbons (Fsp3) is 0.667. The Morgan fingerprint density at radius 3 is 2.54 bits per heavy atom. The molecular weight excluding hydrogens is 166 g/mol. The summed E-state index contributed by atoms with van der Waals surface area (Å²) in [5.74, 6) is 0. The molecule has 0 aliphatic carbocycles. The molecule has 0 aromatic carbocycles. The Kier molecular flexibility index (Phi) is 3.76. The molecule has 4 nitrogen and oxygen atoms in total. The van der Waals surface area contributed by atoms with E-state index in [0.29, 0.717) is 0 Å². The van der Waals surface area contributed by atoms with E-state index < -0.39 is 6.03 Å². The summed E-state index contributed by atoms with van der Waals surface area (Å²) in [7, 11) is 0. The van der Waals surface area contributed by atoms with Crippen LogP contribution in [0.15, 0.2) is 12.7 Å². The van der Waals surface area contributed by atoms with Crippen LogP contribution >= 0.6 is 0 Å². The largest absolute Gasteiger partial charge is 0.352 e. The zero-order chi connectivity index (χ0) is 9.68. The van der Waals surface area contributed by atoms with Gasteiger partial charge >= 0.3 is 6.03 Å². The minimum Gasteiger partial charge on any atom is -0.352 e. The molecule has 0 saturated carbocycles. The van der Waals surface area contributed by atoms with Crippen LogP contribution in [-0.4, -0.2) is 30.2 Å². The molecule has 0 radical (unpaired) electrons. The van der Waals surface area contributed by atoms with Gasteiger partial charge in [-0.05, 0) is 12.8 Å². The summed E-state index contributed by atoms with van der Waals surface area (Å²) in [5.41, 5.74) is 5.05. The summed E-state index contributed by atoms with van der Waals surface area (Å²) in [6.07, 6.45) is 5.26. The molecular formula is C9H17N3O. The molecule has 0 spiro atoms. The van der Waals surface area contributed by atoms with E-state index in [-0.39, 0.29) is 6.17 Å². The fourth-order valence-corrected chi connectivity index (χ4v) is 1.64. The van der Waals surface area contributed by atoms with Gasteiger partial charge < -0.3 is 11.1 Å². The first-order valence-corrected chi connectivity index (χ1v) is 4.66. The second-order valence-corrected chi connectivity index (χ2v) is 3.29. The van der Waals surface area contributed by atoms with Crippen molar-refractivity contribution >= 4 is 6.03 Å². The summed E-state index contributed by atoms with van der Waals surface area (Å²) in [6.45, 7) is 5.70. The van der Waals surface area contributed by atoms with E-state index in [9.17, 15) is 4.79 Å². The van der Waals surface area contributed by atoms with Gasteiger partial charge in [0.25, 0.3) is 0 Å². The number of carbonyl (C=O) groups is 1. The van der Waals surface area contributed by atoms with E-state index in [0.717, 1.165) is 13.1 Å². The van der Waals surface area contributed by atoms with Crippen LogP contribution in [0.2, 0.25) is 0 Å². The summed E-state index contributed by atoms with van der Waals surface area (Å²) in [5, 5.41) is 2.65. The number of hydrogen-bond acceptors (Lipinski definition) is 2. The van der Waals surface area contributed by atoms with Gasteiger partial charge in [-0.25, -0.2) is 4.79 Å². The average molecular weight is 183 g/mol. The standard InChI is InChI=1S/C9H17N3O/c1-2-8(11-9(10)13)12-6-4-3-5-7-12/h2,8H,1,3-7H2,(H3,10,11,13). The van der Waals surface area contributed by atoms with E-state index in [4.69, 9.17) is 5.73 Å². The average Bonchev–Trinajstić information content (AvgIpc) is 2.15. The van der Waals surface area contributed by atoms with Crippen LogP contribution in [0.3, 0.4) is 0 Å². The predicted molar refractivity (Wildman–Crippen MR) is 52.1 cm³/mol. The van der Waals surface area contributed by atoms with E-state index in [1.807, 2.05) is 0 Å². The van der Waals surface area contributed by atoms with E-state index in [1.165, 1.54) is 19.3 Å². The van der Waals surface area contributed by atoms with Crippen molar-refractivity contribution in [3.8, 4) is 0 Å². The summed E-state index contributed by atoms with van der Waals surface area (Å²) in [4.78, 5) is 12.8. The molecule has 13 heavy (non-hydrogen) atoms. The highest BCUT2D eigenvalue weighted by Gasteiger charge is 2.18. The summed E-state index contributed by atoms with van der Waals surface area (Å²) < 4.78 is 0.